The van der Waals surface area contributed by atoms with E-state index < -0.39 is 32.9 Å². The maximum Gasteiger partial charge on any atom is 0.431 e. The number of carbonyl (C=O) groups is 2. The molecule has 2 heterocycles. The number of hydrogen-bond donors (Lipinski definition) is 4. The molecule has 1 aromatic heterocycles. The molecule has 0 bridgehead atoms. The molecule has 0 spiro atoms. The van der Waals surface area contributed by atoms with E-state index in [4.69, 9.17) is 4.74 Å². The molecule has 2 aliphatic rings. The first kappa shape index (κ1) is 67.1. The maximum absolute atomic E-state index is 12.3. The molecule has 2 amide bonds. The molecule has 4 N–H and O–H groups in total. The number of likely N-dealkylation sites (tertiary alicyclic amines) is 1. The highest BCUT2D eigenvalue weighted by Gasteiger charge is 2.34. The number of rotatable bonds is 11. The third-order valence-electron chi connectivity index (χ3n) is 7.54. The first-order chi connectivity index (χ1) is 29.4. The van der Waals surface area contributed by atoms with Crippen LogP contribution >= 0.6 is 11.8 Å². The van der Waals surface area contributed by atoms with Gasteiger partial charge in [0.25, 0.3) is 5.91 Å². The van der Waals surface area contributed by atoms with E-state index >= 15 is 0 Å². The smallest absolute Gasteiger partial charge is 0.386 e. The molecule has 1 aliphatic carbocycles. The largest absolute Gasteiger partial charge is 0.431 e. The Hall–Kier alpha value is -5.01. The number of pyridine rings is 1. The van der Waals surface area contributed by atoms with Crippen LogP contribution in [0.4, 0.5) is 13.2 Å². The van der Waals surface area contributed by atoms with Gasteiger partial charge in [0, 0.05) is 46.8 Å². The molecule has 63 heavy (non-hydrogen) atoms. The number of halogens is 3. The SMILES string of the molecule is C#C.C#C.C#C.C=CNCC(=C)N1CCC[C@H]1C(=O)NCC(=O)NS(=C)(=O)C1CC1.C=C[C@@H](C)SC.CC.CC(C)C.COC(C)(C)C.O=c1cc(C(F)(F)F)[nH]c2ccccc12. The minimum Gasteiger partial charge on any atom is -0.386 e. The summed E-state index contributed by atoms with van der Waals surface area (Å²) in [4.78, 5) is 39.7. The van der Waals surface area contributed by atoms with Crippen molar-refractivity contribution in [3.05, 3.63) is 84.0 Å². The number of para-hydroxylation sites is 1. The molecule has 1 aromatic carbocycles. The standard InChI is InChI=1S/C16H26N4O3S.C10H6F3NO.C5H12O.C5H10S.C4H10.C2H6.3C2H2/c1-4-17-10-12(2)20-9-5-6-14(20)16(22)18-11-15(21)19-24(3,23)13-7-8-13;11-10(12,13)9-5-8(15)6-3-1-2-4-7(6)14-9;1-5(2,3)6-4;1-4-5(2)6-3;1-4(2)3;4*1-2/h4,13-14,17H,1-3,5-11H2,(H,18,22)(H,19,21,23);1-5H,(H,14,15);1-4H3;4-5H,1H2,2-3H3;4H,1-3H3;1-2H3;3*1-2H/t14-,24?;;;5-;;;;;/m0..1...../s1. The Bertz CT molecular complexity index is 1810. The second-order valence-corrected chi connectivity index (χ2v) is 18.0. The summed E-state index contributed by atoms with van der Waals surface area (Å²) in [6.07, 6.45) is 28.3. The molecule has 1 saturated heterocycles. The molecule has 4 rings (SSSR count). The maximum atomic E-state index is 12.3. The fourth-order valence-electron chi connectivity index (χ4n) is 4.20. The number of nitrogens with one attached hydrogen (secondary N) is 4. The van der Waals surface area contributed by atoms with Crippen molar-refractivity contribution >= 4 is 50.1 Å². The lowest BCUT2D eigenvalue weighted by Gasteiger charge is -2.27. The molecular weight excluding hydrogens is 848 g/mol. The lowest BCUT2D eigenvalue weighted by atomic mass is 10.2. The molecule has 3 atom stereocenters. The topological polar surface area (TPSA) is 133 Å². The van der Waals surface area contributed by atoms with E-state index in [0.717, 1.165) is 37.4 Å². The van der Waals surface area contributed by atoms with Crippen LogP contribution < -0.4 is 20.8 Å². The van der Waals surface area contributed by atoms with E-state index in [0.29, 0.717) is 24.3 Å². The first-order valence-electron chi connectivity index (χ1n) is 20.1. The number of thioether (sulfide) groups is 1. The first-order valence-corrected chi connectivity index (χ1v) is 23.1. The third kappa shape index (κ3) is 33.3. The van der Waals surface area contributed by atoms with E-state index in [1.54, 1.807) is 37.2 Å². The number of nitrogens with zero attached hydrogens (tertiary/aromatic N) is 1. The molecular formula is C48H76F3N5O5S2. The average Bonchev–Trinajstić information content (AvgIpc) is 4.02. The van der Waals surface area contributed by atoms with Crippen LogP contribution in [0.25, 0.3) is 10.9 Å². The average molecular weight is 924 g/mol. The predicted octanol–water partition coefficient (Wildman–Crippen LogP) is 9.06. The lowest BCUT2D eigenvalue weighted by Crippen LogP contribution is -2.47. The van der Waals surface area contributed by atoms with Crippen molar-refractivity contribution in [2.75, 3.05) is 33.0 Å². The Morgan fingerprint density at radius 3 is 1.89 bits per heavy atom. The second kappa shape index (κ2) is 37.5. The van der Waals surface area contributed by atoms with Gasteiger partial charge in [-0.15, -0.1) is 45.1 Å². The fraction of sp³-hybridized carbons (Fsp3) is 0.500. The number of benzene rings is 1. The number of H-pyrrole nitrogens is 1. The molecule has 356 valence electrons. The van der Waals surface area contributed by atoms with Crippen LogP contribution in [0.5, 0.6) is 0 Å². The minimum absolute atomic E-state index is 0.0249. The van der Waals surface area contributed by atoms with Gasteiger partial charge >= 0.3 is 6.18 Å². The highest BCUT2D eigenvalue weighted by atomic mass is 32.2. The quantitative estimate of drug-likeness (QED) is 0.0998. The Morgan fingerprint density at radius 2 is 1.49 bits per heavy atom. The molecule has 2 fully saturated rings. The van der Waals surface area contributed by atoms with Gasteiger partial charge < -0.3 is 25.3 Å². The molecule has 10 nitrogen and oxygen atoms in total. The van der Waals surface area contributed by atoms with Crippen LogP contribution in [-0.4, -0.2) is 86.9 Å². The number of aromatic nitrogens is 1. The molecule has 2 aromatic rings. The van der Waals surface area contributed by atoms with Crippen molar-refractivity contribution in [1.82, 2.24) is 25.2 Å². The van der Waals surface area contributed by atoms with Crippen molar-refractivity contribution in [2.24, 2.45) is 5.92 Å². The van der Waals surface area contributed by atoms with Crippen LogP contribution in [-0.2, 0) is 30.2 Å². The number of aromatic amines is 1. The van der Waals surface area contributed by atoms with Crippen molar-refractivity contribution in [3.8, 4) is 38.5 Å². The van der Waals surface area contributed by atoms with Crippen LogP contribution in [0, 0.1) is 44.5 Å². The van der Waals surface area contributed by atoms with E-state index in [9.17, 15) is 31.8 Å². The number of amides is 2. The van der Waals surface area contributed by atoms with Gasteiger partial charge in [0.1, 0.15) is 11.7 Å². The van der Waals surface area contributed by atoms with Gasteiger partial charge in [0.15, 0.2) is 5.43 Å². The summed E-state index contributed by atoms with van der Waals surface area (Å²) in [6.45, 7) is 31.0. The van der Waals surface area contributed by atoms with Crippen molar-refractivity contribution in [1.29, 1.82) is 0 Å². The summed E-state index contributed by atoms with van der Waals surface area (Å²) in [5, 5.41) is 6.43. The van der Waals surface area contributed by atoms with E-state index in [1.807, 2.05) is 45.6 Å². The van der Waals surface area contributed by atoms with Crippen LogP contribution in [0.3, 0.4) is 0 Å². The summed E-state index contributed by atoms with van der Waals surface area (Å²) >= 11 is 1.81. The fourth-order valence-corrected chi connectivity index (χ4v) is 5.92. The summed E-state index contributed by atoms with van der Waals surface area (Å²) in [5.41, 5.74) is -0.605. The summed E-state index contributed by atoms with van der Waals surface area (Å²) in [5.74, 6) is 3.74. The zero-order valence-corrected chi connectivity index (χ0v) is 41.2. The Kier molecular flexibility index (Phi) is 40.0. The Morgan fingerprint density at radius 1 is 1.00 bits per heavy atom. The molecule has 0 radical (unpaired) electrons. The molecule has 15 heteroatoms. The summed E-state index contributed by atoms with van der Waals surface area (Å²) in [7, 11) is -0.872. The van der Waals surface area contributed by atoms with Crippen molar-refractivity contribution < 1.29 is 31.7 Å². The number of carbonyl (C=O) groups excluding carboxylic acids is 2. The number of hydrogen-bond acceptors (Lipinski definition) is 8. The Balaban J connectivity index is -0.000000245. The number of ether oxygens (including phenoxy) is 1. The zero-order valence-electron chi connectivity index (χ0n) is 39.5. The molecule has 1 unspecified atom stereocenters. The number of methoxy groups -OCH3 is 1. The van der Waals surface area contributed by atoms with E-state index in [1.165, 1.54) is 12.1 Å². The highest BCUT2D eigenvalue weighted by Crippen LogP contribution is 2.28. The number of terminal acetylenes is 3. The van der Waals surface area contributed by atoms with Crippen LogP contribution in [0.1, 0.15) is 93.7 Å². The normalized spacial score (nSPS) is 14.6. The second-order valence-electron chi connectivity index (χ2n) is 14.5. The van der Waals surface area contributed by atoms with E-state index in [-0.39, 0.29) is 40.2 Å². The van der Waals surface area contributed by atoms with Gasteiger partial charge in [-0.1, -0.05) is 66.0 Å². The monoisotopic (exact) mass is 924 g/mol. The summed E-state index contributed by atoms with van der Waals surface area (Å²) < 4.78 is 56.5. The van der Waals surface area contributed by atoms with Gasteiger partial charge in [-0.25, -0.2) is 4.21 Å². The van der Waals surface area contributed by atoms with Crippen molar-refractivity contribution in [2.45, 2.75) is 116 Å². The van der Waals surface area contributed by atoms with Crippen LogP contribution in [0.2, 0.25) is 0 Å². The number of fused-ring (bicyclic) bond motifs is 1. The van der Waals surface area contributed by atoms with Gasteiger partial charge in [0.05, 0.1) is 28.4 Å². The third-order valence-corrected chi connectivity index (χ3v) is 10.6. The predicted molar refractivity (Wildman–Crippen MR) is 268 cm³/mol. The van der Waals surface area contributed by atoms with Crippen LogP contribution in [0.15, 0.2) is 72.8 Å². The summed E-state index contributed by atoms with van der Waals surface area (Å²) in [6, 6.07) is 6.33. The van der Waals surface area contributed by atoms with Gasteiger partial charge in [0.2, 0.25) is 5.91 Å². The van der Waals surface area contributed by atoms with Gasteiger partial charge in [-0.05, 0) is 89.8 Å². The Labute approximate surface area is 383 Å². The molecule has 1 aliphatic heterocycles. The van der Waals surface area contributed by atoms with Gasteiger partial charge in [-0.2, -0.15) is 24.9 Å². The highest BCUT2D eigenvalue weighted by molar-refractivity contribution is 7.99. The number of alkyl halides is 3. The minimum atomic E-state index is -4.52. The van der Waals surface area contributed by atoms with Gasteiger partial charge in [-0.3, -0.25) is 19.1 Å². The van der Waals surface area contributed by atoms with Crippen molar-refractivity contribution in [3.63, 3.8) is 0 Å². The lowest BCUT2D eigenvalue weighted by molar-refractivity contribution is -0.141. The van der Waals surface area contributed by atoms with E-state index in [2.05, 4.69) is 118 Å². The molecule has 1 saturated carbocycles. The zero-order chi connectivity index (χ0) is 50.6.